The second-order valence-electron chi connectivity index (χ2n) is 27.8. The molecule has 26 nitrogen and oxygen atoms in total. The number of benzene rings is 1. The maximum Gasteiger partial charge on any atom is 0.313 e. The number of aliphatic hydroxyl groups excluding tert-OH is 3. The number of esters is 1. The molecule has 6 amide bonds. The van der Waals surface area contributed by atoms with Crippen molar-refractivity contribution in [1.29, 1.82) is 15.8 Å². The van der Waals surface area contributed by atoms with Crippen molar-refractivity contribution in [3.05, 3.63) is 60.2 Å². The minimum atomic E-state index is -1.60. The van der Waals surface area contributed by atoms with Crippen molar-refractivity contribution in [2.24, 2.45) is 37.9 Å². The molecule has 688 valence electrons. The SMILES string of the molecule is C.C.C.C.C.C.C.C.C.C.C.C.C.C.C.C#CCNC(=O)C(C)(CC(C)(CC(C)(C#N)CCC(=O)O)C(=O)NCC(C)O)CC(C)(C(=O)OCCOCCOC)C(C)(C)C#N.C#CCNC(=O)C(C)(CC(C)(CC(C)(C#N)CCC(=O)O)C(=O)NCC(C)O)SC(=S)c1ccccc1.C=C(C)C(=O)NCC(C)O.C=C(C)C(=O)NCCC. The van der Waals surface area contributed by atoms with Crippen LogP contribution in [-0.4, -0.2) is 179 Å². The smallest absolute Gasteiger partial charge is 0.313 e. The Labute approximate surface area is 724 Å². The van der Waals surface area contributed by atoms with Crippen molar-refractivity contribution >= 4 is 81.5 Å². The lowest BCUT2D eigenvalue weighted by Gasteiger charge is -2.46. The lowest BCUT2D eigenvalue weighted by atomic mass is 9.56. The molecule has 11 N–H and O–H groups in total. The number of aliphatic hydroxyl groups is 3. The zero-order valence-corrected chi connectivity index (χ0v) is 64.3. The van der Waals surface area contributed by atoms with Gasteiger partial charge in [0.05, 0.1) is 100 Å². The topological polar surface area (TPSA) is 426 Å². The Morgan fingerprint density at radius 1 is 0.513 bits per heavy atom. The molecule has 0 spiro atoms. The predicted octanol–water partition coefficient (Wildman–Crippen LogP) is 16.5. The molecule has 0 heterocycles. The van der Waals surface area contributed by atoms with Gasteiger partial charge in [0.2, 0.25) is 35.4 Å². The van der Waals surface area contributed by atoms with Gasteiger partial charge in [-0.3, -0.25) is 43.2 Å². The first kappa shape index (κ1) is 153. The van der Waals surface area contributed by atoms with Crippen LogP contribution in [0, 0.1) is 96.6 Å². The summed E-state index contributed by atoms with van der Waals surface area (Å²) in [6.45, 7) is 32.3. The predicted molar refractivity (Wildman–Crippen MR) is 496 cm³/mol. The second kappa shape index (κ2) is 75.2. The van der Waals surface area contributed by atoms with E-state index in [0.717, 1.165) is 30.3 Å². The number of thiocarbonyl (C=S) groups is 1. The zero-order chi connectivity index (χ0) is 79.5. The summed E-state index contributed by atoms with van der Waals surface area (Å²) < 4.78 is 15.0. The summed E-state index contributed by atoms with van der Waals surface area (Å²) in [5.74, 6) is -0.540. The number of hydrogen-bond acceptors (Lipinski definition) is 20. The fourth-order valence-corrected chi connectivity index (χ4v) is 12.4. The highest BCUT2D eigenvalue weighted by atomic mass is 32.2. The fraction of sp³-hybridized carbons (Fsp3) is 0.697. The molecule has 0 fully saturated rings. The number of carboxylic acids is 2. The molecule has 1 aromatic rings. The Morgan fingerprint density at radius 2 is 0.863 bits per heavy atom. The number of nitrogens with zero attached hydrogens (tertiary/aromatic N) is 3. The van der Waals surface area contributed by atoms with Crippen LogP contribution in [-0.2, 0) is 57.4 Å². The summed E-state index contributed by atoms with van der Waals surface area (Å²) >= 11 is 6.76. The van der Waals surface area contributed by atoms with E-state index < -0.39 is 103 Å². The standard InChI is InChI=1S/C33H52N4O9.C27H35N3O5S2.C7H13NO2.C7H13NO.15CH4/c1-10-13-36-26(41)32(7,21-33(8,29(3,4)22-34)28(43)46-17-16-45-15-14-44-9)20-31(6,27(42)37-18-24(2)38)19-30(5,23-35)12-11-25(39)40;1-6-14-29-24(35)27(5,37-22(36)20-10-8-7-9-11-20)17-26(4,23(34)30-15-19(2)31)16-25(3,18-28)13-12-21(32)33;1-5(2)7(10)8-4-6(3)9;1-4-5-8-7(9)6(2)3;;;;;;;;;;;;;;;/h1,24,38H,11-21H2,2-9H3,(H,36,41)(H,37,42)(H,39,40);1,7-11,19,31H,12-17H2,2-5H3,(H,29,35)(H,30,34)(H,32,33);6,9H,1,4H2,2-3H3,(H,8,10);2,4-5H2,1,3H3,(H,8,9);15*1H4. The minimum absolute atomic E-state index is 0. The molecule has 0 saturated heterocycles. The third-order valence-corrected chi connectivity index (χ3v) is 18.0. The Kier molecular flexibility index (Phi) is 98.6. The van der Waals surface area contributed by atoms with Crippen LogP contribution >= 0.6 is 24.0 Å². The molecular weight excluding hydrogens is 1530 g/mol. The van der Waals surface area contributed by atoms with Crippen molar-refractivity contribution in [1.82, 2.24) is 31.9 Å². The number of aliphatic carboxylic acids is 2. The summed E-state index contributed by atoms with van der Waals surface area (Å²) in [5, 5.41) is 92.9. The summed E-state index contributed by atoms with van der Waals surface area (Å²) in [6, 6.07) is 15.6. The number of ether oxygens (including phenoxy) is 3. The maximum atomic E-state index is 13.9. The monoisotopic (exact) mass is 1700 g/mol. The highest BCUT2D eigenvalue weighted by molar-refractivity contribution is 8.25. The van der Waals surface area contributed by atoms with Gasteiger partial charge in [-0.1, -0.05) is 218 Å². The molecule has 1 aromatic carbocycles. The van der Waals surface area contributed by atoms with Gasteiger partial charge in [-0.15, -0.1) is 12.8 Å². The van der Waals surface area contributed by atoms with Crippen LogP contribution in [0.3, 0.4) is 0 Å². The number of rotatable bonds is 42. The molecule has 10 unspecified atom stereocenters. The maximum absolute atomic E-state index is 13.9. The van der Waals surface area contributed by atoms with Crippen molar-refractivity contribution in [2.75, 3.05) is 72.8 Å². The van der Waals surface area contributed by atoms with E-state index >= 15 is 0 Å². The number of thioether (sulfide) groups is 1. The summed E-state index contributed by atoms with van der Waals surface area (Å²) in [6.07, 6.45) is 8.17. The van der Waals surface area contributed by atoms with E-state index in [2.05, 4.69) is 75.1 Å². The van der Waals surface area contributed by atoms with Gasteiger partial charge in [-0.25, -0.2) is 0 Å². The van der Waals surface area contributed by atoms with E-state index in [1.165, 1.54) is 27.9 Å². The van der Waals surface area contributed by atoms with Crippen LogP contribution in [0.15, 0.2) is 54.6 Å². The van der Waals surface area contributed by atoms with Crippen LogP contribution in [0.2, 0.25) is 0 Å². The highest BCUT2D eigenvalue weighted by Crippen LogP contribution is 2.53. The molecular formula is C89H173N9O17S2. The Hall–Kier alpha value is -8.24. The molecule has 1 rings (SSSR count). The van der Waals surface area contributed by atoms with Crippen molar-refractivity contribution < 1.29 is 82.9 Å². The van der Waals surface area contributed by atoms with E-state index in [-0.39, 0.29) is 234 Å². The normalized spacial score (nSPS) is 13.7. The van der Waals surface area contributed by atoms with Gasteiger partial charge in [0.1, 0.15) is 6.61 Å². The zero-order valence-electron chi connectivity index (χ0n) is 62.6. The Bertz CT molecular complexity index is 3190. The number of terminal acetylenes is 2. The first-order valence-corrected chi connectivity index (χ1v) is 34.5. The third-order valence-electron chi connectivity index (χ3n) is 16.3. The van der Waals surface area contributed by atoms with E-state index in [9.17, 15) is 79.4 Å². The van der Waals surface area contributed by atoms with E-state index in [0.29, 0.717) is 21.9 Å². The molecule has 0 aliphatic rings. The summed E-state index contributed by atoms with van der Waals surface area (Å²) in [7, 11) is 1.52. The molecule has 28 heteroatoms. The molecule has 0 saturated carbocycles. The van der Waals surface area contributed by atoms with Gasteiger partial charge in [0.25, 0.3) is 0 Å². The lowest BCUT2D eigenvalue weighted by Crippen LogP contribution is -2.54. The van der Waals surface area contributed by atoms with Crippen molar-refractivity contribution in [3.8, 4) is 42.9 Å². The average molecular weight is 1710 g/mol. The van der Waals surface area contributed by atoms with Crippen molar-refractivity contribution in [2.45, 2.75) is 303 Å². The highest BCUT2D eigenvalue weighted by Gasteiger charge is 2.57. The first-order valence-electron chi connectivity index (χ1n) is 33.2. The molecule has 0 bridgehead atoms. The van der Waals surface area contributed by atoms with E-state index in [1.807, 2.05) is 37.3 Å². The molecule has 117 heavy (non-hydrogen) atoms. The minimum Gasteiger partial charge on any atom is -0.481 e. The van der Waals surface area contributed by atoms with Crippen LogP contribution < -0.4 is 31.9 Å². The van der Waals surface area contributed by atoms with Crippen LogP contribution in [0.25, 0.3) is 0 Å². The molecule has 0 aliphatic heterocycles. The second-order valence-corrected chi connectivity index (χ2v) is 29.9. The van der Waals surface area contributed by atoms with Gasteiger partial charge in [0, 0.05) is 73.5 Å². The number of amides is 6. The third kappa shape index (κ3) is 60.0. The van der Waals surface area contributed by atoms with Gasteiger partial charge in [-0.05, 0) is 133 Å². The molecule has 0 radical (unpaired) electrons. The van der Waals surface area contributed by atoms with Gasteiger partial charge in [0.15, 0.2) is 0 Å². The number of carbonyl (C=O) groups is 9. The van der Waals surface area contributed by atoms with Crippen LogP contribution in [0.5, 0.6) is 0 Å². The van der Waals surface area contributed by atoms with E-state index in [4.69, 9.17) is 44.4 Å². The summed E-state index contributed by atoms with van der Waals surface area (Å²) in [4.78, 5) is 112. The number of methoxy groups -OCH3 is 1. The van der Waals surface area contributed by atoms with Crippen LogP contribution in [0.4, 0.5) is 0 Å². The number of nitriles is 3. The average Bonchev–Trinajstić information content (AvgIpc) is 0.756. The number of nitrogens with one attached hydrogen (secondary N) is 6. The summed E-state index contributed by atoms with van der Waals surface area (Å²) in [5.41, 5.74) is -8.05. The Morgan fingerprint density at radius 3 is 1.21 bits per heavy atom. The van der Waals surface area contributed by atoms with Gasteiger partial charge < -0.3 is 71.6 Å². The van der Waals surface area contributed by atoms with Crippen molar-refractivity contribution in [3.63, 3.8) is 0 Å². The fourth-order valence-electron chi connectivity index (χ4n) is 10.5. The molecule has 10 atom stereocenters. The number of carbonyl (C=O) groups excluding carboxylic acids is 7. The Balaban J connectivity index is -0.0000000776. The van der Waals surface area contributed by atoms with E-state index in [1.54, 1.807) is 76.2 Å². The van der Waals surface area contributed by atoms with Gasteiger partial charge in [-0.2, -0.15) is 15.8 Å². The largest absolute Gasteiger partial charge is 0.481 e. The lowest BCUT2D eigenvalue weighted by molar-refractivity contribution is -0.167. The quantitative estimate of drug-likeness (QED) is 0.00952. The molecule has 0 aliphatic carbocycles. The first-order chi connectivity index (χ1) is 47.1. The number of carboxylic acid groups (broad SMARTS) is 2. The molecule has 0 aromatic heterocycles. The number of hydrogen-bond donors (Lipinski definition) is 11. The van der Waals surface area contributed by atoms with Gasteiger partial charge >= 0.3 is 17.9 Å². The van der Waals surface area contributed by atoms with Crippen LogP contribution in [0.1, 0.15) is 285 Å².